The van der Waals surface area contributed by atoms with Gasteiger partial charge in [-0.1, -0.05) is 66.2 Å². The van der Waals surface area contributed by atoms with Crippen LogP contribution in [0.3, 0.4) is 0 Å². The minimum absolute atomic E-state index is 0.664. The van der Waals surface area contributed by atoms with Gasteiger partial charge >= 0.3 is 0 Å². The van der Waals surface area contributed by atoms with Crippen molar-refractivity contribution < 1.29 is 4.74 Å². The van der Waals surface area contributed by atoms with E-state index in [1.807, 2.05) is 6.07 Å². The van der Waals surface area contributed by atoms with Crippen molar-refractivity contribution in [2.24, 2.45) is 0 Å². The van der Waals surface area contributed by atoms with Crippen LogP contribution in [0, 0.1) is 13.8 Å². The molecular formula is C28H26N2O. The van der Waals surface area contributed by atoms with E-state index in [4.69, 9.17) is 9.72 Å². The van der Waals surface area contributed by atoms with Gasteiger partial charge in [0.1, 0.15) is 11.6 Å². The van der Waals surface area contributed by atoms with E-state index in [2.05, 4.69) is 97.3 Å². The van der Waals surface area contributed by atoms with Crippen LogP contribution in [-0.2, 0) is 6.54 Å². The summed E-state index contributed by atoms with van der Waals surface area (Å²) in [6.45, 7) is 5.81. The highest BCUT2D eigenvalue weighted by Gasteiger charge is 2.14. The van der Waals surface area contributed by atoms with Gasteiger partial charge in [0.15, 0.2) is 0 Å². The second-order valence-corrected chi connectivity index (χ2v) is 8.11. The molecule has 0 spiro atoms. The first kappa shape index (κ1) is 19.4. The van der Waals surface area contributed by atoms with Crippen molar-refractivity contribution in [3.05, 3.63) is 96.1 Å². The van der Waals surface area contributed by atoms with Crippen LogP contribution >= 0.6 is 0 Å². The monoisotopic (exact) mass is 406 g/mol. The lowest BCUT2D eigenvalue weighted by molar-refractivity contribution is 0.303. The number of benzene rings is 4. The van der Waals surface area contributed by atoms with Crippen LogP contribution in [0.15, 0.2) is 84.9 Å². The largest absolute Gasteiger partial charge is 0.494 e. The molecule has 0 atom stereocenters. The Balaban J connectivity index is 1.37. The molecule has 1 aromatic heterocycles. The number of para-hydroxylation sites is 2. The van der Waals surface area contributed by atoms with Crippen molar-refractivity contribution in [1.29, 1.82) is 0 Å². The van der Waals surface area contributed by atoms with Crippen molar-refractivity contribution in [3.63, 3.8) is 0 Å². The molecule has 0 radical (unpaired) electrons. The molecule has 3 heteroatoms. The molecule has 3 nitrogen and oxygen atoms in total. The number of fused-ring (bicyclic) bond motifs is 2. The maximum atomic E-state index is 6.08. The van der Waals surface area contributed by atoms with Crippen LogP contribution in [0.5, 0.6) is 5.75 Å². The lowest BCUT2D eigenvalue weighted by Gasteiger charge is -2.12. The van der Waals surface area contributed by atoms with Gasteiger partial charge in [-0.2, -0.15) is 0 Å². The molecule has 0 saturated carbocycles. The van der Waals surface area contributed by atoms with E-state index in [0.717, 1.165) is 30.1 Å². The number of rotatable bonds is 6. The van der Waals surface area contributed by atoms with E-state index in [1.54, 1.807) is 0 Å². The molecule has 5 rings (SSSR count). The fourth-order valence-corrected chi connectivity index (χ4v) is 4.24. The maximum absolute atomic E-state index is 6.08. The molecule has 5 aromatic rings. The average molecular weight is 407 g/mol. The zero-order valence-electron chi connectivity index (χ0n) is 18.0. The summed E-state index contributed by atoms with van der Waals surface area (Å²) in [6, 6.07) is 29.6. The summed E-state index contributed by atoms with van der Waals surface area (Å²) in [5.41, 5.74) is 5.92. The number of nitrogens with zero attached hydrogens (tertiary/aromatic N) is 2. The Bertz CT molecular complexity index is 1370. The summed E-state index contributed by atoms with van der Waals surface area (Å²) in [7, 11) is 0. The maximum Gasteiger partial charge on any atom is 0.141 e. The Labute approximate surface area is 182 Å². The zero-order valence-corrected chi connectivity index (χ0v) is 18.0. The van der Waals surface area contributed by atoms with Crippen molar-refractivity contribution in [3.8, 4) is 17.1 Å². The number of hydrogen-bond acceptors (Lipinski definition) is 2. The SMILES string of the molecule is Cc1ccc(-c2nc3ccccc3n2CCCOc2ccc3ccccc3c2)c(C)c1. The molecule has 154 valence electrons. The molecule has 0 aliphatic rings. The van der Waals surface area contributed by atoms with E-state index in [-0.39, 0.29) is 0 Å². The summed E-state index contributed by atoms with van der Waals surface area (Å²) in [4.78, 5) is 4.97. The summed E-state index contributed by atoms with van der Waals surface area (Å²) in [5, 5.41) is 2.44. The Morgan fingerprint density at radius 2 is 1.61 bits per heavy atom. The van der Waals surface area contributed by atoms with Gasteiger partial charge in [-0.15, -0.1) is 0 Å². The normalized spacial score (nSPS) is 11.3. The third-order valence-electron chi connectivity index (χ3n) is 5.79. The predicted octanol–water partition coefficient (Wildman–Crippen LogP) is 6.94. The Morgan fingerprint density at radius 1 is 0.806 bits per heavy atom. The Hall–Kier alpha value is -3.59. The van der Waals surface area contributed by atoms with Crippen molar-refractivity contribution >= 4 is 21.8 Å². The molecule has 31 heavy (non-hydrogen) atoms. The first-order valence-electron chi connectivity index (χ1n) is 10.8. The third kappa shape index (κ3) is 3.91. The highest BCUT2D eigenvalue weighted by atomic mass is 16.5. The molecule has 0 bridgehead atoms. The first-order chi connectivity index (χ1) is 15.2. The van der Waals surface area contributed by atoms with Gasteiger partial charge in [0.05, 0.1) is 17.6 Å². The number of ether oxygens (including phenoxy) is 1. The molecule has 0 N–H and O–H groups in total. The predicted molar refractivity (Wildman–Crippen MR) is 129 cm³/mol. The highest BCUT2D eigenvalue weighted by molar-refractivity contribution is 5.84. The van der Waals surface area contributed by atoms with E-state index in [9.17, 15) is 0 Å². The standard InChI is InChI=1S/C28H26N2O/c1-20-12-15-25(21(2)18-20)28-29-26-10-5-6-11-27(26)30(28)16-7-17-31-24-14-13-22-8-3-4-9-23(22)19-24/h3-6,8-15,18-19H,7,16-17H2,1-2H3. The van der Waals surface area contributed by atoms with Gasteiger partial charge in [-0.25, -0.2) is 4.98 Å². The van der Waals surface area contributed by atoms with Crippen LogP contribution in [0.2, 0.25) is 0 Å². The molecule has 0 aliphatic carbocycles. The van der Waals surface area contributed by atoms with Gasteiger partial charge < -0.3 is 9.30 Å². The summed E-state index contributed by atoms with van der Waals surface area (Å²) in [6.07, 6.45) is 0.908. The van der Waals surface area contributed by atoms with E-state index >= 15 is 0 Å². The minimum Gasteiger partial charge on any atom is -0.494 e. The van der Waals surface area contributed by atoms with Gasteiger partial charge in [-0.3, -0.25) is 0 Å². The highest BCUT2D eigenvalue weighted by Crippen LogP contribution is 2.28. The summed E-state index contributed by atoms with van der Waals surface area (Å²) < 4.78 is 8.41. The van der Waals surface area contributed by atoms with E-state index in [1.165, 1.54) is 33.0 Å². The van der Waals surface area contributed by atoms with E-state index < -0.39 is 0 Å². The summed E-state index contributed by atoms with van der Waals surface area (Å²) in [5.74, 6) is 1.95. The van der Waals surface area contributed by atoms with Crippen LogP contribution in [0.25, 0.3) is 33.2 Å². The molecule has 4 aromatic carbocycles. The fourth-order valence-electron chi connectivity index (χ4n) is 4.24. The number of aromatic nitrogens is 2. The summed E-state index contributed by atoms with van der Waals surface area (Å²) >= 11 is 0. The van der Waals surface area contributed by atoms with Crippen molar-refractivity contribution in [1.82, 2.24) is 9.55 Å². The van der Waals surface area contributed by atoms with Crippen LogP contribution < -0.4 is 4.74 Å². The molecular weight excluding hydrogens is 380 g/mol. The smallest absolute Gasteiger partial charge is 0.141 e. The second-order valence-electron chi connectivity index (χ2n) is 8.11. The average Bonchev–Trinajstić information content (AvgIpc) is 3.15. The van der Waals surface area contributed by atoms with Crippen LogP contribution in [0.1, 0.15) is 17.5 Å². The number of imidazole rings is 1. The quantitative estimate of drug-likeness (QED) is 0.286. The molecule has 1 heterocycles. The molecule has 0 unspecified atom stereocenters. The lowest BCUT2D eigenvalue weighted by atomic mass is 10.1. The number of hydrogen-bond donors (Lipinski definition) is 0. The molecule has 0 fully saturated rings. The van der Waals surface area contributed by atoms with Crippen LogP contribution in [-0.4, -0.2) is 16.2 Å². The Kier molecular flexibility index (Phi) is 5.17. The third-order valence-corrected chi connectivity index (χ3v) is 5.79. The van der Waals surface area contributed by atoms with Crippen molar-refractivity contribution in [2.75, 3.05) is 6.61 Å². The van der Waals surface area contributed by atoms with Gasteiger partial charge in [0.25, 0.3) is 0 Å². The lowest BCUT2D eigenvalue weighted by Crippen LogP contribution is -2.06. The Morgan fingerprint density at radius 3 is 2.48 bits per heavy atom. The van der Waals surface area contributed by atoms with Crippen molar-refractivity contribution in [2.45, 2.75) is 26.8 Å². The topological polar surface area (TPSA) is 27.1 Å². The van der Waals surface area contributed by atoms with Gasteiger partial charge in [0, 0.05) is 12.1 Å². The minimum atomic E-state index is 0.664. The van der Waals surface area contributed by atoms with E-state index in [0.29, 0.717) is 6.61 Å². The first-order valence-corrected chi connectivity index (χ1v) is 10.8. The molecule has 0 saturated heterocycles. The number of aryl methyl sites for hydroxylation is 3. The van der Waals surface area contributed by atoms with Gasteiger partial charge in [0.2, 0.25) is 0 Å². The second kappa shape index (κ2) is 8.27. The zero-order chi connectivity index (χ0) is 21.2. The fraction of sp³-hybridized carbons (Fsp3) is 0.179. The van der Waals surface area contributed by atoms with Crippen LogP contribution in [0.4, 0.5) is 0 Å². The molecule has 0 aliphatic heterocycles. The molecule has 0 amide bonds. The van der Waals surface area contributed by atoms with Gasteiger partial charge in [-0.05, 0) is 60.9 Å².